The van der Waals surface area contributed by atoms with E-state index in [0.717, 1.165) is 46.5 Å². The number of pyridine rings is 4. The van der Waals surface area contributed by atoms with Gasteiger partial charge in [0.05, 0.1) is 47.6 Å². The molecular weight excluding hydrogens is 1020 g/mol. The summed E-state index contributed by atoms with van der Waals surface area (Å²) in [5, 5.41) is 13.1. The van der Waals surface area contributed by atoms with Crippen molar-refractivity contribution >= 4 is 54.9 Å². The van der Waals surface area contributed by atoms with Gasteiger partial charge in [-0.2, -0.15) is 52.7 Å². The lowest BCUT2D eigenvalue weighted by molar-refractivity contribution is -0.236. The first kappa shape index (κ1) is 55.0. The number of ether oxygens (including phenoxy) is 2. The van der Waals surface area contributed by atoms with E-state index in [1.165, 1.54) is 0 Å². The van der Waals surface area contributed by atoms with Crippen molar-refractivity contribution in [3.05, 3.63) is 83.4 Å². The van der Waals surface area contributed by atoms with E-state index in [9.17, 15) is 79.1 Å². The number of nitrogens with one attached hydrogen (secondary N) is 2. The van der Waals surface area contributed by atoms with Crippen LogP contribution in [-0.2, 0) is 41.9 Å². The molecule has 6 N–H and O–H groups in total. The van der Waals surface area contributed by atoms with Crippen molar-refractivity contribution < 1.29 is 88.6 Å². The predicted molar refractivity (Wildman–Crippen MR) is 220 cm³/mol. The van der Waals surface area contributed by atoms with Crippen LogP contribution in [0.5, 0.6) is 0 Å². The van der Waals surface area contributed by atoms with Crippen LogP contribution in [-0.4, -0.2) is 112 Å². The Bertz CT molecular complexity index is 2600. The van der Waals surface area contributed by atoms with Crippen molar-refractivity contribution in [1.82, 2.24) is 19.9 Å². The minimum Gasteiger partial charge on any atom is -0.362 e. The smallest absolute Gasteiger partial charge is 0.362 e. The maximum Gasteiger partial charge on any atom is 0.417 e. The van der Waals surface area contributed by atoms with E-state index in [1.54, 1.807) is 13.8 Å². The van der Waals surface area contributed by atoms with E-state index in [0.29, 0.717) is 24.5 Å². The number of carbonyl (C=O) groups excluding carboxylic acids is 2. The standard InChI is InChI=1S/2C19H19F6N5O4S/c2*1-2-12-8-30(9-14(34-12)19(23,24)25)16-13(5-10(7-28-16)18(20,21)22)17(31)29-11-3-4-27-15(6-11)35(26,32)33/h2*3-7,12,14H,2,8-9H2,1H3,(H2,26,32,33)(H,27,29,31). The van der Waals surface area contributed by atoms with Crippen LogP contribution in [0.2, 0.25) is 0 Å². The SMILES string of the molecule is CCC1CN(c2ncc(C(F)(F)F)cc2C(=O)Nc2ccnc(S(N)(=O)=O)c2)CC(C(F)(F)F)O1.CCC1CN(c2ncc(C(F)(F)F)cc2C(=O)Nc2ccnc(S(N)(=O)=O)c2)CC(C(F)(F)F)O1. The van der Waals surface area contributed by atoms with Gasteiger partial charge in [0.25, 0.3) is 31.9 Å². The zero-order valence-electron chi connectivity index (χ0n) is 35.8. The number of amides is 2. The van der Waals surface area contributed by atoms with Gasteiger partial charge in [-0.05, 0) is 37.1 Å². The topological polar surface area (TPSA) is 255 Å². The van der Waals surface area contributed by atoms with Gasteiger partial charge in [0.1, 0.15) is 11.6 Å². The number of primary sulfonamides is 2. The van der Waals surface area contributed by atoms with Gasteiger partial charge in [-0.1, -0.05) is 13.8 Å². The van der Waals surface area contributed by atoms with Gasteiger partial charge in [0, 0.05) is 61.4 Å². The number of halogens is 12. The van der Waals surface area contributed by atoms with Gasteiger partial charge < -0.3 is 29.9 Å². The summed E-state index contributed by atoms with van der Waals surface area (Å²) in [5.41, 5.74) is -4.33. The summed E-state index contributed by atoms with van der Waals surface area (Å²) < 4.78 is 216. The van der Waals surface area contributed by atoms with Crippen LogP contribution >= 0.6 is 0 Å². The minimum absolute atomic E-state index is 0.160. The molecule has 0 saturated carbocycles. The van der Waals surface area contributed by atoms with Crippen LogP contribution in [0.3, 0.4) is 0 Å². The first-order valence-corrected chi connectivity index (χ1v) is 23.0. The van der Waals surface area contributed by atoms with E-state index < -0.39 is 138 Å². The lowest BCUT2D eigenvalue weighted by Crippen LogP contribution is -2.53. The van der Waals surface area contributed by atoms with Crippen LogP contribution in [0.1, 0.15) is 58.5 Å². The quantitative estimate of drug-likeness (QED) is 0.135. The normalized spacial score (nSPS) is 19.5. The molecule has 4 unspecified atom stereocenters. The lowest BCUT2D eigenvalue weighted by atomic mass is 10.1. The zero-order valence-corrected chi connectivity index (χ0v) is 37.4. The van der Waals surface area contributed by atoms with Crippen molar-refractivity contribution in [1.29, 1.82) is 0 Å². The molecule has 18 nitrogen and oxygen atoms in total. The third-order valence-corrected chi connectivity index (χ3v) is 11.6. The Kier molecular flexibility index (Phi) is 16.3. The third-order valence-electron chi connectivity index (χ3n) is 10.0. The predicted octanol–water partition coefficient (Wildman–Crippen LogP) is 5.88. The Morgan fingerprint density at radius 3 is 1.23 bits per heavy atom. The number of anilines is 4. The second kappa shape index (κ2) is 20.8. The largest absolute Gasteiger partial charge is 0.417 e. The number of carbonyl (C=O) groups is 2. The molecule has 32 heteroatoms. The van der Waals surface area contributed by atoms with Crippen LogP contribution in [0.4, 0.5) is 75.7 Å². The summed E-state index contributed by atoms with van der Waals surface area (Å²) >= 11 is 0. The first-order chi connectivity index (χ1) is 32.2. The van der Waals surface area contributed by atoms with Crippen molar-refractivity contribution in [2.75, 3.05) is 46.6 Å². The molecule has 0 bridgehead atoms. The molecule has 2 fully saturated rings. The van der Waals surface area contributed by atoms with Crippen LogP contribution in [0, 0.1) is 0 Å². The highest BCUT2D eigenvalue weighted by molar-refractivity contribution is 7.89. The molecule has 70 heavy (non-hydrogen) atoms. The summed E-state index contributed by atoms with van der Waals surface area (Å²) in [6, 6.07) is 4.95. The molecule has 0 aliphatic carbocycles. The van der Waals surface area contributed by atoms with Crippen molar-refractivity contribution in [3.8, 4) is 0 Å². The Labute approximate surface area is 388 Å². The zero-order chi connectivity index (χ0) is 52.4. The Balaban J connectivity index is 0.000000261. The van der Waals surface area contributed by atoms with E-state index >= 15 is 0 Å². The molecule has 0 radical (unpaired) electrons. The highest BCUT2D eigenvalue weighted by atomic mass is 32.2. The van der Waals surface area contributed by atoms with E-state index in [-0.39, 0.29) is 37.3 Å². The number of morpholine rings is 2. The molecule has 0 spiro atoms. The van der Waals surface area contributed by atoms with Crippen molar-refractivity contribution in [3.63, 3.8) is 0 Å². The average molecular weight is 1050 g/mol. The second-order valence-corrected chi connectivity index (χ2v) is 18.2. The van der Waals surface area contributed by atoms with Gasteiger partial charge in [-0.25, -0.2) is 47.0 Å². The van der Waals surface area contributed by atoms with Crippen LogP contribution in [0.15, 0.2) is 71.2 Å². The Hall–Kier alpha value is -5.96. The Morgan fingerprint density at radius 2 is 0.943 bits per heavy atom. The van der Waals surface area contributed by atoms with Gasteiger partial charge in [-0.15, -0.1) is 0 Å². The van der Waals surface area contributed by atoms with Gasteiger partial charge >= 0.3 is 24.7 Å². The summed E-state index contributed by atoms with van der Waals surface area (Å²) in [7, 11) is -8.52. The van der Waals surface area contributed by atoms with Gasteiger partial charge in [0.15, 0.2) is 22.3 Å². The molecule has 384 valence electrons. The van der Waals surface area contributed by atoms with Gasteiger partial charge in [0.2, 0.25) is 0 Å². The fraction of sp³-hybridized carbons (Fsp3) is 0.421. The average Bonchev–Trinajstić information content (AvgIpc) is 3.26. The fourth-order valence-corrected chi connectivity index (χ4v) is 7.58. The highest BCUT2D eigenvalue weighted by Crippen LogP contribution is 2.37. The van der Waals surface area contributed by atoms with E-state index in [2.05, 4.69) is 30.6 Å². The number of hydrogen-bond donors (Lipinski definition) is 4. The molecule has 2 aliphatic rings. The Morgan fingerprint density at radius 1 is 0.600 bits per heavy atom. The molecular formula is C38H38F12N10O8S2. The maximum absolute atomic E-state index is 13.4. The third kappa shape index (κ3) is 14.1. The van der Waals surface area contributed by atoms with Crippen LogP contribution < -0.4 is 30.7 Å². The summed E-state index contributed by atoms with van der Waals surface area (Å²) in [4.78, 5) is 42.3. The molecule has 2 aliphatic heterocycles. The number of rotatable bonds is 10. The highest BCUT2D eigenvalue weighted by Gasteiger charge is 2.48. The second-order valence-electron chi connectivity index (χ2n) is 15.2. The van der Waals surface area contributed by atoms with Gasteiger partial charge in [-0.3, -0.25) is 9.59 Å². The molecule has 2 saturated heterocycles. The van der Waals surface area contributed by atoms with Crippen molar-refractivity contribution in [2.24, 2.45) is 10.3 Å². The number of sulfonamides is 2. The number of hydrogen-bond acceptors (Lipinski definition) is 14. The van der Waals surface area contributed by atoms with Crippen LogP contribution in [0.25, 0.3) is 0 Å². The molecule has 2 amide bonds. The number of nitrogens with two attached hydrogens (primary N) is 2. The molecule has 6 heterocycles. The molecule has 0 aromatic carbocycles. The lowest BCUT2D eigenvalue weighted by Gasteiger charge is -2.39. The number of aromatic nitrogens is 4. The maximum atomic E-state index is 13.4. The number of nitrogens with zero attached hydrogens (tertiary/aromatic N) is 6. The van der Waals surface area contributed by atoms with E-state index in [4.69, 9.17) is 19.8 Å². The summed E-state index contributed by atoms with van der Waals surface area (Å²) in [6.07, 6.45) is -22.5. The molecule has 6 rings (SSSR count). The fourth-order valence-electron chi connectivity index (χ4n) is 6.58. The monoisotopic (exact) mass is 1050 g/mol. The minimum atomic E-state index is -4.90. The summed E-state index contributed by atoms with van der Waals surface area (Å²) in [5.74, 6) is -3.19. The number of alkyl halides is 12. The molecule has 4 aromatic rings. The summed E-state index contributed by atoms with van der Waals surface area (Å²) in [6.45, 7) is 1.22. The first-order valence-electron chi connectivity index (χ1n) is 19.9. The molecule has 4 aromatic heterocycles. The van der Waals surface area contributed by atoms with Crippen molar-refractivity contribution in [2.45, 2.75) is 85.9 Å². The van der Waals surface area contributed by atoms with E-state index in [1.807, 2.05) is 0 Å². The molecule has 4 atom stereocenters.